The van der Waals surface area contributed by atoms with Crippen molar-refractivity contribution in [2.24, 2.45) is 0 Å². The van der Waals surface area contributed by atoms with E-state index in [1.807, 2.05) is 22.7 Å². The number of benzene rings is 1. The summed E-state index contributed by atoms with van der Waals surface area (Å²) >= 11 is 2.60. The van der Waals surface area contributed by atoms with Gasteiger partial charge in [-0.1, -0.05) is 12.1 Å². The van der Waals surface area contributed by atoms with E-state index in [0.717, 1.165) is 25.0 Å². The van der Waals surface area contributed by atoms with E-state index in [4.69, 9.17) is 9.84 Å². The van der Waals surface area contributed by atoms with Crippen molar-refractivity contribution < 1.29 is 33.3 Å². The van der Waals surface area contributed by atoms with Crippen LogP contribution >= 0.6 is 22.7 Å². The molecule has 2 aromatic heterocycles. The summed E-state index contributed by atoms with van der Waals surface area (Å²) in [7, 11) is 1.90. The first-order valence-corrected chi connectivity index (χ1v) is 14.1. The van der Waals surface area contributed by atoms with Crippen molar-refractivity contribution >= 4 is 40.2 Å². The Bertz CT molecular complexity index is 1190. The number of carbonyl (C=O) groups excluding carboxylic acids is 2. The molecule has 1 saturated carbocycles. The number of rotatable bonds is 10. The fraction of sp³-hybridized carbons (Fsp3) is 0.407. The summed E-state index contributed by atoms with van der Waals surface area (Å²) in [6, 6.07) is 8.92. The van der Waals surface area contributed by atoms with E-state index in [1.54, 1.807) is 24.3 Å². The molecule has 1 aliphatic rings. The van der Waals surface area contributed by atoms with Crippen LogP contribution in [-0.2, 0) is 26.5 Å². The van der Waals surface area contributed by atoms with Gasteiger partial charge in [0.1, 0.15) is 17.7 Å². The first-order valence-electron chi connectivity index (χ1n) is 12.3. The normalized spacial score (nSPS) is 17.9. The van der Waals surface area contributed by atoms with E-state index in [1.165, 1.54) is 22.7 Å². The zero-order valence-corrected chi connectivity index (χ0v) is 22.5. The number of aliphatic hydroxyl groups excluding tert-OH is 1. The summed E-state index contributed by atoms with van der Waals surface area (Å²) in [5.41, 5.74) is -2.27. The van der Waals surface area contributed by atoms with E-state index in [2.05, 4.69) is 5.32 Å². The number of ether oxygens (including phenoxy) is 1. The number of esters is 1. The Morgan fingerprint density at radius 2 is 1.71 bits per heavy atom. The Balaban J connectivity index is 1.26. The van der Waals surface area contributed by atoms with Gasteiger partial charge in [0.05, 0.1) is 22.0 Å². The maximum atomic E-state index is 14.1. The molecule has 1 aliphatic carbocycles. The second kappa shape index (κ2) is 12.4. The smallest absolute Gasteiger partial charge is 0.349 e. The van der Waals surface area contributed by atoms with Crippen molar-refractivity contribution in [3.8, 4) is 0 Å². The van der Waals surface area contributed by atoms with Gasteiger partial charge in [0.15, 0.2) is 0 Å². The molecule has 0 unspecified atom stereocenters. The van der Waals surface area contributed by atoms with E-state index >= 15 is 0 Å². The van der Waals surface area contributed by atoms with Gasteiger partial charge in [0.2, 0.25) is 11.5 Å². The third-order valence-corrected chi connectivity index (χ3v) is 8.82. The summed E-state index contributed by atoms with van der Waals surface area (Å²) in [6.45, 7) is -0.219. The molecule has 204 valence electrons. The van der Waals surface area contributed by atoms with Crippen LogP contribution in [0.4, 0.5) is 14.5 Å². The molecule has 3 N–H and O–H groups in total. The average molecular weight is 565 g/mol. The largest absolute Gasteiger partial charge is 0.460 e. The predicted octanol–water partition coefficient (Wildman–Crippen LogP) is 4.63. The number of hydrogen-bond donors (Lipinski definition) is 3. The van der Waals surface area contributed by atoms with Gasteiger partial charge in [-0.2, -0.15) is 0 Å². The number of anilines is 1. The molecule has 0 saturated heterocycles. The van der Waals surface area contributed by atoms with E-state index in [-0.39, 0.29) is 29.8 Å². The molecular formula is C27H30F2N2O5S2. The zero-order valence-electron chi connectivity index (χ0n) is 20.9. The number of nitrogens with zero attached hydrogens (tertiary/aromatic N) is 1. The molecule has 0 spiro atoms. The second-order valence-corrected chi connectivity index (χ2v) is 11.3. The van der Waals surface area contributed by atoms with Crippen LogP contribution in [0.2, 0.25) is 0 Å². The minimum atomic E-state index is -1.83. The van der Waals surface area contributed by atoms with Crippen LogP contribution in [0, 0.1) is 11.6 Å². The SMILES string of the molecule is CN(CCC(=O)Nc1cc(F)c(CO)cc1F)[C@H]1CC[C@H](OC(=O)C(O)(c2cccs2)c2cccs2)CC1. The van der Waals surface area contributed by atoms with Gasteiger partial charge in [-0.15, -0.1) is 22.7 Å². The molecule has 2 heterocycles. The molecule has 0 bridgehead atoms. The first-order chi connectivity index (χ1) is 18.2. The van der Waals surface area contributed by atoms with Crippen LogP contribution in [0.5, 0.6) is 0 Å². The Hall–Kier alpha value is -2.70. The standard InChI is InChI=1S/C27H30F2N2O5S2/c1-31(11-10-25(33)30-22-15-20(28)17(16-32)14-21(22)29)18-6-8-19(9-7-18)36-26(34)27(35,23-4-2-12-37-23)24-5-3-13-38-24/h2-5,12-15,18-19,32,35H,6-11,16H2,1H3,(H,30,33)/t18-,19-. The van der Waals surface area contributed by atoms with Crippen LogP contribution in [-0.4, -0.2) is 52.7 Å². The molecule has 0 atom stereocenters. The third-order valence-electron chi connectivity index (χ3n) is 6.86. The highest BCUT2D eigenvalue weighted by molar-refractivity contribution is 7.12. The molecule has 38 heavy (non-hydrogen) atoms. The van der Waals surface area contributed by atoms with Crippen LogP contribution in [0.3, 0.4) is 0 Å². The maximum absolute atomic E-state index is 14.1. The number of hydrogen-bond acceptors (Lipinski definition) is 8. The van der Waals surface area contributed by atoms with Gasteiger partial charge in [0.25, 0.3) is 0 Å². The fourth-order valence-corrected chi connectivity index (χ4v) is 6.32. The van der Waals surface area contributed by atoms with Crippen molar-refractivity contribution in [3.63, 3.8) is 0 Å². The number of thiophene rings is 2. The lowest BCUT2D eigenvalue weighted by Gasteiger charge is -2.35. The Morgan fingerprint density at radius 1 is 1.08 bits per heavy atom. The third kappa shape index (κ3) is 6.29. The van der Waals surface area contributed by atoms with Crippen molar-refractivity contribution in [3.05, 3.63) is 74.1 Å². The number of carbonyl (C=O) groups is 2. The minimum absolute atomic E-state index is 0.0862. The fourth-order valence-electron chi connectivity index (χ4n) is 4.61. The number of amides is 1. The molecule has 3 aromatic rings. The molecule has 0 aliphatic heterocycles. The second-order valence-electron chi connectivity index (χ2n) is 9.36. The average Bonchev–Trinajstić information content (AvgIpc) is 3.64. The van der Waals surface area contributed by atoms with Crippen LogP contribution in [0.15, 0.2) is 47.2 Å². The summed E-state index contributed by atoms with van der Waals surface area (Å²) in [5, 5.41) is 26.4. The number of aliphatic hydroxyl groups is 2. The summed E-state index contributed by atoms with van der Waals surface area (Å²) in [4.78, 5) is 28.6. The van der Waals surface area contributed by atoms with Crippen LogP contribution in [0.1, 0.15) is 47.4 Å². The molecule has 0 radical (unpaired) electrons. The van der Waals surface area contributed by atoms with Gasteiger partial charge < -0.3 is 25.2 Å². The van der Waals surface area contributed by atoms with Crippen molar-refractivity contribution in [1.29, 1.82) is 0 Å². The Kier molecular flexibility index (Phi) is 9.27. The summed E-state index contributed by atoms with van der Waals surface area (Å²) in [6.07, 6.45) is 2.51. The first kappa shape index (κ1) is 28.3. The Morgan fingerprint density at radius 3 is 2.26 bits per heavy atom. The monoisotopic (exact) mass is 564 g/mol. The highest BCUT2D eigenvalue weighted by Gasteiger charge is 2.45. The van der Waals surface area contributed by atoms with E-state index in [0.29, 0.717) is 29.1 Å². The van der Waals surface area contributed by atoms with Gasteiger partial charge in [-0.05, 0) is 61.7 Å². The molecule has 1 amide bonds. The summed E-state index contributed by atoms with van der Waals surface area (Å²) in [5.74, 6) is -2.72. The maximum Gasteiger partial charge on any atom is 0.349 e. The van der Waals surface area contributed by atoms with E-state index in [9.17, 15) is 23.5 Å². The van der Waals surface area contributed by atoms with Crippen LogP contribution < -0.4 is 5.32 Å². The quantitative estimate of drug-likeness (QED) is 0.311. The van der Waals surface area contributed by atoms with Crippen LogP contribution in [0.25, 0.3) is 0 Å². The summed E-state index contributed by atoms with van der Waals surface area (Å²) < 4.78 is 33.7. The lowest BCUT2D eigenvalue weighted by atomic mass is 9.91. The van der Waals surface area contributed by atoms with Gasteiger partial charge >= 0.3 is 5.97 Å². The molecule has 11 heteroatoms. The van der Waals surface area contributed by atoms with Crippen molar-refractivity contribution in [2.45, 2.75) is 56.5 Å². The Labute approximate surface area is 227 Å². The van der Waals surface area contributed by atoms with Gasteiger partial charge in [0, 0.05) is 30.6 Å². The van der Waals surface area contributed by atoms with Gasteiger partial charge in [-0.3, -0.25) is 4.79 Å². The van der Waals surface area contributed by atoms with Gasteiger partial charge in [-0.25, -0.2) is 13.6 Å². The topological polar surface area (TPSA) is 99.1 Å². The number of halogens is 2. The van der Waals surface area contributed by atoms with Crippen molar-refractivity contribution in [1.82, 2.24) is 4.90 Å². The highest BCUT2D eigenvalue weighted by Crippen LogP contribution is 2.38. The molecule has 4 rings (SSSR count). The molecule has 1 aromatic carbocycles. The molecule has 7 nitrogen and oxygen atoms in total. The minimum Gasteiger partial charge on any atom is -0.460 e. The van der Waals surface area contributed by atoms with Crippen molar-refractivity contribution in [2.75, 3.05) is 18.9 Å². The highest BCUT2D eigenvalue weighted by atomic mass is 32.1. The molecular weight excluding hydrogens is 534 g/mol. The molecule has 1 fully saturated rings. The zero-order chi connectivity index (χ0) is 27.3. The lowest BCUT2D eigenvalue weighted by molar-refractivity contribution is -0.169. The predicted molar refractivity (Wildman–Crippen MR) is 142 cm³/mol. The van der Waals surface area contributed by atoms with E-state index < -0.39 is 35.7 Å². The lowest BCUT2D eigenvalue weighted by Crippen LogP contribution is -2.42. The number of nitrogens with one attached hydrogen (secondary N) is 1.